The zero-order valence-electron chi connectivity index (χ0n) is 13.1. The van der Waals surface area contributed by atoms with Gasteiger partial charge in [-0.2, -0.15) is 0 Å². The van der Waals surface area contributed by atoms with Crippen molar-refractivity contribution < 1.29 is 4.74 Å². The maximum Gasteiger partial charge on any atom is 0.114 e. The SMILES string of the molecule is CCCCCCCCOC(c1ccccn1)C(N)CC. The number of aromatic nitrogens is 1. The van der Waals surface area contributed by atoms with Gasteiger partial charge in [0, 0.05) is 18.8 Å². The van der Waals surface area contributed by atoms with Crippen molar-refractivity contribution in [2.75, 3.05) is 6.61 Å². The molecular weight excluding hydrogens is 248 g/mol. The number of rotatable bonds is 11. The molecule has 0 amide bonds. The summed E-state index contributed by atoms with van der Waals surface area (Å²) in [5, 5.41) is 0. The molecule has 0 aliphatic rings. The molecule has 3 heteroatoms. The van der Waals surface area contributed by atoms with Gasteiger partial charge in [-0.15, -0.1) is 0 Å². The van der Waals surface area contributed by atoms with Gasteiger partial charge in [0.05, 0.1) is 5.69 Å². The van der Waals surface area contributed by atoms with E-state index in [4.69, 9.17) is 10.5 Å². The van der Waals surface area contributed by atoms with Crippen LogP contribution in [-0.4, -0.2) is 17.6 Å². The Labute approximate surface area is 123 Å². The Morgan fingerprint density at radius 1 is 1.10 bits per heavy atom. The first-order valence-electron chi connectivity index (χ1n) is 8.07. The quantitative estimate of drug-likeness (QED) is 0.616. The largest absolute Gasteiger partial charge is 0.370 e. The first kappa shape index (κ1) is 17.1. The van der Waals surface area contributed by atoms with Gasteiger partial charge in [0.15, 0.2) is 0 Å². The van der Waals surface area contributed by atoms with Gasteiger partial charge in [0.2, 0.25) is 0 Å². The molecule has 1 rings (SSSR count). The lowest BCUT2D eigenvalue weighted by Gasteiger charge is -2.23. The second-order valence-electron chi connectivity index (χ2n) is 5.39. The van der Waals surface area contributed by atoms with Crippen molar-refractivity contribution in [2.45, 2.75) is 70.9 Å². The molecule has 114 valence electrons. The standard InChI is InChI=1S/C17H30N2O/c1-3-5-6-7-8-11-14-20-17(15(18)4-2)16-12-9-10-13-19-16/h9-10,12-13,15,17H,3-8,11,14,18H2,1-2H3. The Hall–Kier alpha value is -0.930. The van der Waals surface area contributed by atoms with E-state index in [1.165, 1.54) is 32.1 Å². The highest BCUT2D eigenvalue weighted by Gasteiger charge is 2.19. The smallest absolute Gasteiger partial charge is 0.114 e. The van der Waals surface area contributed by atoms with Gasteiger partial charge in [-0.3, -0.25) is 4.98 Å². The fraction of sp³-hybridized carbons (Fsp3) is 0.706. The van der Waals surface area contributed by atoms with E-state index in [1.54, 1.807) is 6.20 Å². The lowest BCUT2D eigenvalue weighted by molar-refractivity contribution is 0.0283. The molecule has 0 aliphatic carbocycles. The summed E-state index contributed by atoms with van der Waals surface area (Å²) in [6, 6.07) is 5.93. The Balaban J connectivity index is 2.32. The van der Waals surface area contributed by atoms with Crippen molar-refractivity contribution in [3.63, 3.8) is 0 Å². The Morgan fingerprint density at radius 3 is 2.50 bits per heavy atom. The molecule has 0 spiro atoms. The normalized spacial score (nSPS) is 14.2. The minimum absolute atomic E-state index is 0.0185. The molecular formula is C17H30N2O. The summed E-state index contributed by atoms with van der Waals surface area (Å²) in [4.78, 5) is 4.38. The van der Waals surface area contributed by atoms with Crippen LogP contribution in [0.4, 0.5) is 0 Å². The van der Waals surface area contributed by atoms with Gasteiger partial charge >= 0.3 is 0 Å². The predicted molar refractivity (Wildman–Crippen MR) is 84.6 cm³/mol. The summed E-state index contributed by atoms with van der Waals surface area (Å²) >= 11 is 0. The van der Waals surface area contributed by atoms with Crippen molar-refractivity contribution in [1.29, 1.82) is 0 Å². The molecule has 0 bridgehead atoms. The molecule has 1 aromatic heterocycles. The number of pyridine rings is 1. The summed E-state index contributed by atoms with van der Waals surface area (Å²) in [5.41, 5.74) is 7.12. The van der Waals surface area contributed by atoms with Gasteiger partial charge in [0.1, 0.15) is 6.10 Å². The van der Waals surface area contributed by atoms with Crippen LogP contribution >= 0.6 is 0 Å². The fourth-order valence-corrected chi connectivity index (χ4v) is 2.28. The molecule has 20 heavy (non-hydrogen) atoms. The third kappa shape index (κ3) is 6.49. The maximum absolute atomic E-state index is 6.16. The Morgan fingerprint density at radius 2 is 1.85 bits per heavy atom. The molecule has 0 aliphatic heterocycles. The third-order valence-corrected chi connectivity index (χ3v) is 3.63. The number of unbranched alkanes of at least 4 members (excludes halogenated alkanes) is 5. The van der Waals surface area contributed by atoms with Crippen LogP contribution in [0.5, 0.6) is 0 Å². The molecule has 0 radical (unpaired) electrons. The van der Waals surface area contributed by atoms with Gasteiger partial charge in [-0.05, 0) is 25.0 Å². The molecule has 2 N–H and O–H groups in total. The average molecular weight is 278 g/mol. The van der Waals surface area contributed by atoms with Gasteiger partial charge in [-0.1, -0.05) is 52.0 Å². The van der Waals surface area contributed by atoms with Crippen molar-refractivity contribution in [3.8, 4) is 0 Å². The van der Waals surface area contributed by atoms with Gasteiger partial charge in [0.25, 0.3) is 0 Å². The first-order valence-corrected chi connectivity index (χ1v) is 8.07. The minimum Gasteiger partial charge on any atom is -0.370 e. The zero-order chi connectivity index (χ0) is 14.6. The molecule has 2 unspecified atom stereocenters. The van der Waals surface area contributed by atoms with Crippen molar-refractivity contribution in [3.05, 3.63) is 30.1 Å². The minimum atomic E-state index is -0.0724. The average Bonchev–Trinajstić information content (AvgIpc) is 2.50. The van der Waals surface area contributed by atoms with Crippen LogP contribution in [0.3, 0.4) is 0 Å². The second kappa shape index (κ2) is 10.8. The lowest BCUT2D eigenvalue weighted by Crippen LogP contribution is -2.30. The summed E-state index contributed by atoms with van der Waals surface area (Å²) in [6.45, 7) is 5.11. The van der Waals surface area contributed by atoms with Crippen LogP contribution in [0, 0.1) is 0 Å². The number of hydrogen-bond donors (Lipinski definition) is 1. The van der Waals surface area contributed by atoms with E-state index in [0.29, 0.717) is 0 Å². The maximum atomic E-state index is 6.16. The van der Waals surface area contributed by atoms with E-state index in [9.17, 15) is 0 Å². The molecule has 1 heterocycles. The molecule has 2 atom stereocenters. The molecule has 0 fully saturated rings. The van der Waals surface area contributed by atoms with E-state index in [-0.39, 0.29) is 12.1 Å². The zero-order valence-corrected chi connectivity index (χ0v) is 13.1. The first-order chi connectivity index (χ1) is 9.79. The highest BCUT2D eigenvalue weighted by molar-refractivity contribution is 5.09. The van der Waals surface area contributed by atoms with Crippen LogP contribution in [0.25, 0.3) is 0 Å². The molecule has 3 nitrogen and oxygen atoms in total. The number of nitrogens with zero attached hydrogens (tertiary/aromatic N) is 1. The van der Waals surface area contributed by atoms with Crippen LogP contribution in [-0.2, 0) is 4.74 Å². The van der Waals surface area contributed by atoms with Crippen LogP contribution < -0.4 is 5.73 Å². The molecule has 0 saturated heterocycles. The van der Waals surface area contributed by atoms with Crippen LogP contribution in [0.2, 0.25) is 0 Å². The van der Waals surface area contributed by atoms with Crippen molar-refractivity contribution in [2.24, 2.45) is 5.73 Å². The van der Waals surface area contributed by atoms with E-state index < -0.39 is 0 Å². The summed E-state index contributed by atoms with van der Waals surface area (Å²) in [6.07, 6.45) is 10.3. The van der Waals surface area contributed by atoms with E-state index in [1.807, 2.05) is 18.2 Å². The topological polar surface area (TPSA) is 48.1 Å². The summed E-state index contributed by atoms with van der Waals surface area (Å²) in [7, 11) is 0. The highest BCUT2D eigenvalue weighted by atomic mass is 16.5. The van der Waals surface area contributed by atoms with E-state index in [2.05, 4.69) is 18.8 Å². The van der Waals surface area contributed by atoms with Crippen LogP contribution in [0.1, 0.15) is 70.6 Å². The lowest BCUT2D eigenvalue weighted by atomic mass is 10.1. The van der Waals surface area contributed by atoms with Crippen LogP contribution in [0.15, 0.2) is 24.4 Å². The van der Waals surface area contributed by atoms with Crippen molar-refractivity contribution >= 4 is 0 Å². The predicted octanol–water partition coefficient (Wildman–Crippen LogP) is 4.24. The third-order valence-electron chi connectivity index (χ3n) is 3.63. The number of nitrogens with two attached hydrogens (primary N) is 1. The monoisotopic (exact) mass is 278 g/mol. The summed E-state index contributed by atoms with van der Waals surface area (Å²) in [5.74, 6) is 0. The Kier molecular flexibility index (Phi) is 9.25. The molecule has 1 aromatic rings. The molecule has 0 saturated carbocycles. The number of hydrogen-bond acceptors (Lipinski definition) is 3. The highest BCUT2D eigenvalue weighted by Crippen LogP contribution is 2.20. The second-order valence-corrected chi connectivity index (χ2v) is 5.39. The summed E-state index contributed by atoms with van der Waals surface area (Å²) < 4.78 is 6.00. The number of ether oxygens (including phenoxy) is 1. The molecule has 0 aromatic carbocycles. The van der Waals surface area contributed by atoms with Gasteiger partial charge in [-0.25, -0.2) is 0 Å². The van der Waals surface area contributed by atoms with E-state index in [0.717, 1.165) is 25.1 Å². The van der Waals surface area contributed by atoms with Gasteiger partial charge < -0.3 is 10.5 Å². The van der Waals surface area contributed by atoms with Crippen molar-refractivity contribution in [1.82, 2.24) is 4.98 Å². The van der Waals surface area contributed by atoms with E-state index >= 15 is 0 Å². The fourth-order valence-electron chi connectivity index (χ4n) is 2.28. The Bertz CT molecular complexity index is 329.